The van der Waals surface area contributed by atoms with Crippen molar-refractivity contribution < 1.29 is 43.5 Å². The highest BCUT2D eigenvalue weighted by Gasteiger charge is 2.17. The minimum Gasteiger partial charge on any atom is -0.481 e. The SMILES string of the molecule is CC/C=C\CCCCOC(CCC(=O)OCC(CO)COC(=O)CCCCC(=O)O)OCCCC/C=C\CC. The summed E-state index contributed by atoms with van der Waals surface area (Å²) in [6.45, 7) is 4.92. The van der Waals surface area contributed by atoms with Crippen LogP contribution in [0, 0.1) is 5.92 Å². The average molecular weight is 557 g/mol. The largest absolute Gasteiger partial charge is 0.481 e. The second-order valence-corrected chi connectivity index (χ2v) is 9.48. The molecule has 1 atom stereocenters. The van der Waals surface area contributed by atoms with Gasteiger partial charge in [-0.15, -0.1) is 0 Å². The maximum atomic E-state index is 12.3. The standard InChI is InChI=1S/C30H52O9/c1-3-5-7-9-11-15-21-36-30(37-22-16-12-10-8-6-4-2)20-19-29(35)39-25-26(23-31)24-38-28(34)18-14-13-17-27(32)33/h5-8,26,30-31H,3-4,9-25H2,1-2H3,(H,32,33)/b7-5-,8-6-. The number of aliphatic carboxylic acids is 1. The van der Waals surface area contributed by atoms with Crippen molar-refractivity contribution in [3.63, 3.8) is 0 Å². The second kappa shape index (κ2) is 27.3. The Balaban J connectivity index is 4.35. The molecule has 0 fully saturated rings. The van der Waals surface area contributed by atoms with Gasteiger partial charge in [0.25, 0.3) is 0 Å². The minimum atomic E-state index is -0.902. The highest BCUT2D eigenvalue weighted by molar-refractivity contribution is 5.70. The summed E-state index contributed by atoms with van der Waals surface area (Å²) in [5.41, 5.74) is 0. The van der Waals surface area contributed by atoms with E-state index in [4.69, 9.17) is 24.1 Å². The van der Waals surface area contributed by atoms with Crippen LogP contribution in [0.4, 0.5) is 0 Å². The number of hydrogen-bond acceptors (Lipinski definition) is 8. The topological polar surface area (TPSA) is 129 Å². The Morgan fingerprint density at radius 2 is 1.21 bits per heavy atom. The number of esters is 2. The van der Waals surface area contributed by atoms with Gasteiger partial charge >= 0.3 is 17.9 Å². The Bertz CT molecular complexity index is 651. The van der Waals surface area contributed by atoms with Crippen molar-refractivity contribution >= 4 is 17.9 Å². The van der Waals surface area contributed by atoms with Gasteiger partial charge in [-0.2, -0.15) is 0 Å². The third kappa shape index (κ3) is 25.8. The van der Waals surface area contributed by atoms with Crippen LogP contribution in [0.2, 0.25) is 0 Å². The van der Waals surface area contributed by atoms with Crippen LogP contribution in [-0.2, 0) is 33.3 Å². The van der Waals surface area contributed by atoms with Crippen LogP contribution < -0.4 is 0 Å². The Labute approximate surface area is 234 Å². The molecule has 0 spiro atoms. The van der Waals surface area contributed by atoms with Gasteiger partial charge in [0.2, 0.25) is 0 Å². The predicted molar refractivity (Wildman–Crippen MR) is 150 cm³/mol. The van der Waals surface area contributed by atoms with E-state index in [1.807, 2.05) is 0 Å². The van der Waals surface area contributed by atoms with Gasteiger partial charge in [-0.05, 0) is 64.2 Å². The molecule has 0 radical (unpaired) electrons. The second-order valence-electron chi connectivity index (χ2n) is 9.48. The number of aliphatic hydroxyl groups is 1. The zero-order valence-electron chi connectivity index (χ0n) is 24.2. The fourth-order valence-corrected chi connectivity index (χ4v) is 3.44. The van der Waals surface area contributed by atoms with Gasteiger partial charge < -0.3 is 29.2 Å². The number of carbonyl (C=O) groups is 3. The monoisotopic (exact) mass is 556 g/mol. The van der Waals surface area contributed by atoms with Crippen LogP contribution >= 0.6 is 0 Å². The molecule has 0 saturated carbocycles. The third-order valence-corrected chi connectivity index (χ3v) is 5.77. The molecule has 0 aliphatic heterocycles. The molecule has 0 bridgehead atoms. The summed E-state index contributed by atoms with van der Waals surface area (Å²) < 4.78 is 22.2. The number of allylic oxidation sites excluding steroid dienone is 4. The van der Waals surface area contributed by atoms with Crippen LogP contribution in [0.3, 0.4) is 0 Å². The first-order valence-electron chi connectivity index (χ1n) is 14.6. The van der Waals surface area contributed by atoms with Gasteiger partial charge in [0.05, 0.1) is 32.2 Å². The number of carboxylic acids is 1. The molecule has 0 aromatic carbocycles. The first-order chi connectivity index (χ1) is 18.9. The molecular formula is C30H52O9. The van der Waals surface area contributed by atoms with E-state index in [9.17, 15) is 19.5 Å². The molecule has 0 rings (SSSR count). The van der Waals surface area contributed by atoms with Crippen molar-refractivity contribution in [1.82, 2.24) is 0 Å². The Kier molecular flexibility index (Phi) is 25.8. The lowest BCUT2D eigenvalue weighted by molar-refractivity contribution is -0.161. The Morgan fingerprint density at radius 1 is 0.692 bits per heavy atom. The van der Waals surface area contributed by atoms with E-state index < -0.39 is 30.1 Å². The van der Waals surface area contributed by atoms with E-state index in [1.54, 1.807) is 0 Å². The molecule has 2 N–H and O–H groups in total. The smallest absolute Gasteiger partial charge is 0.305 e. The highest BCUT2D eigenvalue weighted by Crippen LogP contribution is 2.11. The maximum Gasteiger partial charge on any atom is 0.305 e. The number of carbonyl (C=O) groups excluding carboxylic acids is 2. The van der Waals surface area contributed by atoms with E-state index in [1.165, 1.54) is 0 Å². The minimum absolute atomic E-state index is 0.00667. The molecule has 0 aliphatic carbocycles. The van der Waals surface area contributed by atoms with Crippen molar-refractivity contribution in [2.24, 2.45) is 5.92 Å². The number of ether oxygens (including phenoxy) is 4. The molecule has 0 aromatic heterocycles. The lowest BCUT2D eigenvalue weighted by Gasteiger charge is -2.19. The molecule has 226 valence electrons. The molecule has 39 heavy (non-hydrogen) atoms. The quantitative estimate of drug-likeness (QED) is 0.0563. The summed E-state index contributed by atoms with van der Waals surface area (Å²) in [7, 11) is 0. The molecule has 0 aromatic rings. The van der Waals surface area contributed by atoms with Gasteiger partial charge in [0.15, 0.2) is 6.29 Å². The fourth-order valence-electron chi connectivity index (χ4n) is 3.44. The van der Waals surface area contributed by atoms with Gasteiger partial charge in [-0.25, -0.2) is 0 Å². The van der Waals surface area contributed by atoms with E-state index in [0.29, 0.717) is 32.5 Å². The van der Waals surface area contributed by atoms with Crippen LogP contribution in [0.15, 0.2) is 24.3 Å². The average Bonchev–Trinajstić information content (AvgIpc) is 2.92. The van der Waals surface area contributed by atoms with Crippen molar-refractivity contribution in [2.75, 3.05) is 33.0 Å². The summed E-state index contributed by atoms with van der Waals surface area (Å²) in [5.74, 6) is -2.32. The molecule has 1 unspecified atom stereocenters. The molecule has 9 nitrogen and oxygen atoms in total. The van der Waals surface area contributed by atoms with E-state index in [2.05, 4.69) is 38.2 Å². The number of unbranched alkanes of at least 4 members (excludes halogenated alkanes) is 5. The number of rotatable bonds is 27. The van der Waals surface area contributed by atoms with E-state index in [0.717, 1.165) is 51.4 Å². The van der Waals surface area contributed by atoms with E-state index >= 15 is 0 Å². The lowest BCUT2D eigenvalue weighted by Crippen LogP contribution is -2.25. The number of hydrogen-bond donors (Lipinski definition) is 2. The number of aliphatic hydroxyl groups excluding tert-OH is 1. The Morgan fingerprint density at radius 3 is 1.69 bits per heavy atom. The lowest BCUT2D eigenvalue weighted by atomic mass is 10.2. The summed E-state index contributed by atoms with van der Waals surface area (Å²) in [6, 6.07) is 0. The predicted octanol–water partition coefficient (Wildman–Crippen LogP) is 5.74. The van der Waals surface area contributed by atoms with E-state index in [-0.39, 0.29) is 39.1 Å². The molecular weight excluding hydrogens is 504 g/mol. The van der Waals surface area contributed by atoms with Crippen LogP contribution in [0.5, 0.6) is 0 Å². The summed E-state index contributed by atoms with van der Waals surface area (Å²) in [5, 5.41) is 18.1. The van der Waals surface area contributed by atoms with Crippen molar-refractivity contribution in [3.8, 4) is 0 Å². The Hall–Kier alpha value is -2.23. The van der Waals surface area contributed by atoms with Gasteiger partial charge in [0, 0.05) is 32.5 Å². The summed E-state index contributed by atoms with van der Waals surface area (Å²) in [6.07, 6.45) is 17.6. The molecule has 0 aliphatic rings. The fraction of sp³-hybridized carbons (Fsp3) is 0.767. The normalized spacial score (nSPS) is 12.4. The van der Waals surface area contributed by atoms with Crippen molar-refractivity contribution in [1.29, 1.82) is 0 Å². The van der Waals surface area contributed by atoms with Crippen molar-refractivity contribution in [3.05, 3.63) is 24.3 Å². The summed E-state index contributed by atoms with van der Waals surface area (Å²) in [4.78, 5) is 34.6. The van der Waals surface area contributed by atoms with Gasteiger partial charge in [-0.1, -0.05) is 38.2 Å². The van der Waals surface area contributed by atoms with Crippen LogP contribution in [0.25, 0.3) is 0 Å². The first kappa shape index (κ1) is 36.8. The highest BCUT2D eigenvalue weighted by atomic mass is 16.7. The third-order valence-electron chi connectivity index (χ3n) is 5.77. The van der Waals surface area contributed by atoms with Gasteiger partial charge in [0.1, 0.15) is 0 Å². The number of carboxylic acid groups (broad SMARTS) is 1. The molecule has 0 saturated heterocycles. The summed E-state index contributed by atoms with van der Waals surface area (Å²) >= 11 is 0. The van der Waals surface area contributed by atoms with Gasteiger partial charge in [-0.3, -0.25) is 14.4 Å². The molecule has 0 heterocycles. The molecule has 9 heteroatoms. The molecule has 0 amide bonds. The first-order valence-corrected chi connectivity index (χ1v) is 14.6. The zero-order valence-corrected chi connectivity index (χ0v) is 24.2. The maximum absolute atomic E-state index is 12.3. The zero-order chi connectivity index (χ0) is 29.0. The van der Waals surface area contributed by atoms with Crippen LogP contribution in [-0.4, -0.2) is 67.4 Å². The van der Waals surface area contributed by atoms with Crippen molar-refractivity contribution in [2.45, 2.75) is 110 Å². The van der Waals surface area contributed by atoms with Crippen LogP contribution in [0.1, 0.15) is 104 Å².